The predicted molar refractivity (Wildman–Crippen MR) is 124 cm³/mol. The first-order valence-electron chi connectivity index (χ1n) is 10.8. The Hall–Kier alpha value is -3.11. The summed E-state index contributed by atoms with van der Waals surface area (Å²) in [6.45, 7) is 1.33. The molecule has 3 rings (SSSR count). The maximum atomic E-state index is 12.7. The lowest BCUT2D eigenvalue weighted by atomic mass is 10.1. The van der Waals surface area contributed by atoms with Crippen molar-refractivity contribution in [2.75, 3.05) is 39.2 Å². The van der Waals surface area contributed by atoms with Crippen molar-refractivity contribution in [3.63, 3.8) is 0 Å². The molecule has 33 heavy (non-hydrogen) atoms. The fraction of sp³-hybridized carbons (Fsp3) is 0.391. The average molecular weight is 476 g/mol. The summed E-state index contributed by atoms with van der Waals surface area (Å²) < 4.78 is 37.3. The van der Waals surface area contributed by atoms with Gasteiger partial charge in [-0.1, -0.05) is 18.6 Å². The fourth-order valence-corrected chi connectivity index (χ4v) is 5.09. The van der Waals surface area contributed by atoms with E-state index in [2.05, 4.69) is 10.6 Å². The van der Waals surface area contributed by atoms with E-state index in [1.165, 1.54) is 18.5 Å². The summed E-state index contributed by atoms with van der Waals surface area (Å²) in [7, 11) is -0.518. The summed E-state index contributed by atoms with van der Waals surface area (Å²) >= 11 is 0. The number of ether oxygens (including phenoxy) is 2. The van der Waals surface area contributed by atoms with E-state index < -0.39 is 21.8 Å². The van der Waals surface area contributed by atoms with Gasteiger partial charge in [0, 0.05) is 25.7 Å². The van der Waals surface area contributed by atoms with E-state index in [4.69, 9.17) is 9.47 Å². The van der Waals surface area contributed by atoms with E-state index in [-0.39, 0.29) is 11.4 Å². The minimum Gasteiger partial charge on any atom is -0.497 e. The Kier molecular flexibility index (Phi) is 8.29. The first-order valence-corrected chi connectivity index (χ1v) is 12.2. The number of carbonyl (C=O) groups excluding carboxylic acids is 2. The van der Waals surface area contributed by atoms with E-state index in [0.29, 0.717) is 36.7 Å². The number of nitrogens with zero attached hydrogens (tertiary/aromatic N) is 1. The summed E-state index contributed by atoms with van der Waals surface area (Å²) in [6.07, 6.45) is 3.28. The van der Waals surface area contributed by atoms with Crippen LogP contribution in [0.4, 0.5) is 5.69 Å². The van der Waals surface area contributed by atoms with Crippen LogP contribution in [0.2, 0.25) is 0 Å². The molecule has 2 aromatic rings. The van der Waals surface area contributed by atoms with E-state index >= 15 is 0 Å². The molecule has 2 N–H and O–H groups in total. The zero-order valence-electron chi connectivity index (χ0n) is 18.8. The van der Waals surface area contributed by atoms with E-state index in [1.54, 1.807) is 42.5 Å². The second kappa shape index (κ2) is 11.2. The number of nitrogens with one attached hydrogen (secondary N) is 2. The molecular formula is C23H29N3O6S. The number of rotatable bonds is 8. The van der Waals surface area contributed by atoms with Crippen molar-refractivity contribution >= 4 is 27.5 Å². The maximum Gasteiger partial charge on any atom is 0.313 e. The Morgan fingerprint density at radius 2 is 1.64 bits per heavy atom. The molecule has 0 bridgehead atoms. The molecule has 9 nitrogen and oxygen atoms in total. The van der Waals surface area contributed by atoms with Crippen molar-refractivity contribution in [1.82, 2.24) is 9.62 Å². The van der Waals surface area contributed by atoms with Crippen LogP contribution >= 0.6 is 0 Å². The molecule has 0 aliphatic carbocycles. The smallest absolute Gasteiger partial charge is 0.313 e. The molecule has 1 saturated heterocycles. The molecule has 0 atom stereocenters. The second-order valence-corrected chi connectivity index (χ2v) is 9.57. The molecule has 178 valence electrons. The molecule has 1 aliphatic heterocycles. The molecule has 1 heterocycles. The Balaban J connectivity index is 1.52. The Morgan fingerprint density at radius 3 is 2.27 bits per heavy atom. The van der Waals surface area contributed by atoms with Crippen LogP contribution < -0.4 is 20.1 Å². The molecule has 0 spiro atoms. The molecule has 2 aromatic carbocycles. The highest BCUT2D eigenvalue weighted by Crippen LogP contribution is 2.28. The van der Waals surface area contributed by atoms with Gasteiger partial charge in [0.25, 0.3) is 0 Å². The van der Waals surface area contributed by atoms with Gasteiger partial charge in [-0.05, 0) is 49.1 Å². The third kappa shape index (κ3) is 6.23. The Morgan fingerprint density at radius 1 is 0.939 bits per heavy atom. The van der Waals surface area contributed by atoms with E-state index in [0.717, 1.165) is 24.8 Å². The molecule has 1 aliphatic rings. The Labute approximate surface area is 194 Å². The molecule has 1 fully saturated rings. The molecule has 0 saturated carbocycles. The van der Waals surface area contributed by atoms with Gasteiger partial charge >= 0.3 is 11.8 Å². The van der Waals surface area contributed by atoms with Crippen LogP contribution in [-0.4, -0.2) is 58.4 Å². The number of piperidine rings is 1. The van der Waals surface area contributed by atoms with Gasteiger partial charge in [-0.2, -0.15) is 4.31 Å². The molecular weight excluding hydrogens is 446 g/mol. The number of sulfonamides is 1. The minimum absolute atomic E-state index is 0.222. The molecule has 0 radical (unpaired) electrons. The minimum atomic E-state index is -3.47. The zero-order valence-corrected chi connectivity index (χ0v) is 19.6. The molecule has 2 amide bonds. The number of hydrogen-bond acceptors (Lipinski definition) is 6. The summed E-state index contributed by atoms with van der Waals surface area (Å²) in [4.78, 5) is 24.7. The van der Waals surface area contributed by atoms with Gasteiger partial charge < -0.3 is 20.1 Å². The SMILES string of the molecule is COc1ccc(OC)c(NC(=O)C(=O)NCCc2ccc(S(=O)(=O)N3CCCCC3)cc2)c1. The van der Waals surface area contributed by atoms with Gasteiger partial charge in [0.1, 0.15) is 11.5 Å². The highest BCUT2D eigenvalue weighted by Gasteiger charge is 2.25. The normalized spacial score (nSPS) is 14.4. The highest BCUT2D eigenvalue weighted by atomic mass is 32.2. The number of carbonyl (C=O) groups is 2. The van der Waals surface area contributed by atoms with Crippen molar-refractivity contribution < 1.29 is 27.5 Å². The molecule has 0 aromatic heterocycles. The first-order chi connectivity index (χ1) is 15.8. The van der Waals surface area contributed by atoms with Gasteiger partial charge in [-0.15, -0.1) is 0 Å². The molecule has 0 unspecified atom stereocenters. The monoisotopic (exact) mass is 475 g/mol. The van der Waals surface area contributed by atoms with Gasteiger partial charge in [-0.3, -0.25) is 9.59 Å². The number of anilines is 1. The quantitative estimate of drug-likeness (QED) is 0.566. The van der Waals surface area contributed by atoms with Gasteiger partial charge in [-0.25, -0.2) is 8.42 Å². The lowest BCUT2D eigenvalue weighted by Gasteiger charge is -2.25. The fourth-order valence-electron chi connectivity index (χ4n) is 3.57. The third-order valence-corrected chi connectivity index (χ3v) is 7.35. The summed E-state index contributed by atoms with van der Waals surface area (Å²) in [5, 5.41) is 5.08. The average Bonchev–Trinajstić information content (AvgIpc) is 2.84. The summed E-state index contributed by atoms with van der Waals surface area (Å²) in [5.74, 6) is -0.706. The van der Waals surface area contributed by atoms with E-state index in [9.17, 15) is 18.0 Å². The summed E-state index contributed by atoms with van der Waals surface area (Å²) in [6, 6.07) is 11.5. The standard InChI is InChI=1S/C23H29N3O6S/c1-31-18-8-11-21(32-2)20(16-18)25-23(28)22(27)24-13-12-17-6-9-19(10-7-17)33(29,30)26-14-4-3-5-15-26/h6-11,16H,3-5,12-15H2,1-2H3,(H,24,27)(H,25,28). The second-order valence-electron chi connectivity index (χ2n) is 7.63. The summed E-state index contributed by atoms with van der Waals surface area (Å²) in [5.41, 5.74) is 1.17. The third-order valence-electron chi connectivity index (χ3n) is 5.44. The van der Waals surface area contributed by atoms with Gasteiger partial charge in [0.15, 0.2) is 0 Å². The number of methoxy groups -OCH3 is 2. The van der Waals surface area contributed by atoms with Crippen molar-refractivity contribution in [2.45, 2.75) is 30.6 Å². The lowest BCUT2D eigenvalue weighted by Crippen LogP contribution is -2.36. The zero-order chi connectivity index (χ0) is 23.8. The van der Waals surface area contributed by atoms with Crippen molar-refractivity contribution in [1.29, 1.82) is 0 Å². The lowest BCUT2D eigenvalue weighted by molar-refractivity contribution is -0.136. The number of hydrogen-bond donors (Lipinski definition) is 2. The van der Waals surface area contributed by atoms with Crippen LogP contribution in [0.15, 0.2) is 47.4 Å². The number of benzene rings is 2. The van der Waals surface area contributed by atoms with Crippen LogP contribution in [-0.2, 0) is 26.0 Å². The van der Waals surface area contributed by atoms with Crippen LogP contribution in [0.25, 0.3) is 0 Å². The van der Waals surface area contributed by atoms with Crippen LogP contribution in [0.5, 0.6) is 11.5 Å². The number of amides is 2. The van der Waals surface area contributed by atoms with Crippen LogP contribution in [0.3, 0.4) is 0 Å². The van der Waals surface area contributed by atoms with Crippen molar-refractivity contribution in [3.05, 3.63) is 48.0 Å². The first kappa shape index (κ1) is 24.5. The maximum absolute atomic E-state index is 12.7. The van der Waals surface area contributed by atoms with Crippen LogP contribution in [0.1, 0.15) is 24.8 Å². The van der Waals surface area contributed by atoms with Crippen molar-refractivity contribution in [2.24, 2.45) is 0 Å². The predicted octanol–water partition coefficient (Wildman–Crippen LogP) is 2.18. The molecule has 10 heteroatoms. The van der Waals surface area contributed by atoms with Gasteiger partial charge in [0.2, 0.25) is 10.0 Å². The van der Waals surface area contributed by atoms with E-state index in [1.807, 2.05) is 0 Å². The largest absolute Gasteiger partial charge is 0.497 e. The van der Waals surface area contributed by atoms with Gasteiger partial charge in [0.05, 0.1) is 24.8 Å². The Bertz CT molecular complexity index is 1080. The highest BCUT2D eigenvalue weighted by molar-refractivity contribution is 7.89. The topological polar surface area (TPSA) is 114 Å². The van der Waals surface area contributed by atoms with Crippen molar-refractivity contribution in [3.8, 4) is 11.5 Å². The van der Waals surface area contributed by atoms with Crippen LogP contribution in [0, 0.1) is 0 Å².